The van der Waals surface area contributed by atoms with Crippen molar-refractivity contribution in [3.05, 3.63) is 76.1 Å². The first-order valence-electron chi connectivity index (χ1n) is 11.6. The highest BCUT2D eigenvalue weighted by atomic mass is 19.1. The van der Waals surface area contributed by atoms with E-state index < -0.39 is 17.6 Å². The van der Waals surface area contributed by atoms with E-state index in [1.165, 1.54) is 24.3 Å². The van der Waals surface area contributed by atoms with Crippen molar-refractivity contribution in [3.8, 4) is 17.6 Å². The second kappa shape index (κ2) is 11.5. The largest absolute Gasteiger partial charge is 0.490 e. The molecule has 0 N–H and O–H groups in total. The van der Waals surface area contributed by atoms with Crippen molar-refractivity contribution < 1.29 is 23.5 Å². The van der Waals surface area contributed by atoms with Gasteiger partial charge in [-0.05, 0) is 73.2 Å². The van der Waals surface area contributed by atoms with E-state index in [2.05, 4.69) is 13.8 Å². The van der Waals surface area contributed by atoms with Crippen molar-refractivity contribution in [1.82, 2.24) is 4.90 Å². The summed E-state index contributed by atoms with van der Waals surface area (Å²) in [6.07, 6.45) is 2.55. The van der Waals surface area contributed by atoms with Crippen molar-refractivity contribution in [2.24, 2.45) is 5.92 Å². The molecule has 0 spiro atoms. The fourth-order valence-corrected chi connectivity index (χ4v) is 3.62. The van der Waals surface area contributed by atoms with Crippen molar-refractivity contribution >= 4 is 17.9 Å². The number of nitrogens with zero attached hydrogens (tertiary/aromatic N) is 2. The van der Waals surface area contributed by atoms with E-state index in [1.807, 2.05) is 13.0 Å². The maximum absolute atomic E-state index is 13.3. The minimum absolute atomic E-state index is 0.0689. The van der Waals surface area contributed by atoms with E-state index >= 15 is 0 Å². The lowest BCUT2D eigenvalue weighted by atomic mass is 9.93. The van der Waals surface area contributed by atoms with Crippen LogP contribution in [0.3, 0.4) is 0 Å². The number of nitriles is 1. The molecule has 0 saturated carbocycles. The molecular formula is C28H29FN2O4. The van der Waals surface area contributed by atoms with Crippen LogP contribution in [0.2, 0.25) is 0 Å². The fourth-order valence-electron chi connectivity index (χ4n) is 3.62. The third kappa shape index (κ3) is 6.15. The van der Waals surface area contributed by atoms with Crippen molar-refractivity contribution in [2.45, 2.75) is 40.7 Å². The number of carbonyl (C=O) groups excluding carboxylic acids is 2. The van der Waals surface area contributed by atoms with Gasteiger partial charge in [0.15, 0.2) is 11.5 Å². The van der Waals surface area contributed by atoms with Crippen molar-refractivity contribution in [3.63, 3.8) is 0 Å². The minimum atomic E-state index is -0.666. The molecule has 2 aromatic rings. The second-order valence-corrected chi connectivity index (χ2v) is 8.66. The molecule has 0 atom stereocenters. The highest BCUT2D eigenvalue weighted by molar-refractivity contribution is 6.19. The Balaban J connectivity index is 1.96. The van der Waals surface area contributed by atoms with E-state index in [0.717, 1.165) is 11.3 Å². The standard InChI is InChI=1S/C28H29FN2O4/c1-5-34-26-15-21(8-11-25(26)35-13-12-18(2)3)14-23-19(4)24(16-30)28(33)31(27(23)32)17-20-6-9-22(29)10-7-20/h6-11,14-15,18H,5,12-13,17H2,1-4H3/b23-14+. The summed E-state index contributed by atoms with van der Waals surface area (Å²) in [6, 6.07) is 12.8. The van der Waals surface area contributed by atoms with Gasteiger partial charge in [-0.2, -0.15) is 5.26 Å². The SMILES string of the molecule is CCOc1cc(/C=C2/C(=O)N(Cc3ccc(F)cc3)C(=O)C(C#N)=C2C)ccc1OCCC(C)C. The Morgan fingerprint density at radius 1 is 1.06 bits per heavy atom. The summed E-state index contributed by atoms with van der Waals surface area (Å²) < 4.78 is 24.9. The molecule has 2 aromatic carbocycles. The normalized spacial score (nSPS) is 15.1. The molecule has 1 aliphatic heterocycles. The minimum Gasteiger partial charge on any atom is -0.490 e. The molecular weight excluding hydrogens is 447 g/mol. The average Bonchev–Trinajstić information content (AvgIpc) is 2.82. The van der Waals surface area contributed by atoms with Crippen LogP contribution in [-0.2, 0) is 16.1 Å². The van der Waals surface area contributed by atoms with Crippen LogP contribution in [0.15, 0.2) is 59.2 Å². The van der Waals surface area contributed by atoms with E-state index in [9.17, 15) is 19.2 Å². The Morgan fingerprint density at radius 2 is 1.77 bits per heavy atom. The van der Waals surface area contributed by atoms with Crippen LogP contribution in [0.1, 0.15) is 45.2 Å². The van der Waals surface area contributed by atoms with Crippen LogP contribution in [0.25, 0.3) is 6.08 Å². The van der Waals surface area contributed by atoms with Crippen molar-refractivity contribution in [2.75, 3.05) is 13.2 Å². The summed E-state index contributed by atoms with van der Waals surface area (Å²) in [7, 11) is 0. The van der Waals surface area contributed by atoms with E-state index in [1.54, 1.807) is 31.2 Å². The zero-order valence-electron chi connectivity index (χ0n) is 20.4. The van der Waals surface area contributed by atoms with Gasteiger partial charge >= 0.3 is 0 Å². The number of halogens is 1. The van der Waals surface area contributed by atoms with Crippen LogP contribution in [0.5, 0.6) is 11.5 Å². The Morgan fingerprint density at radius 3 is 2.40 bits per heavy atom. The van der Waals surface area contributed by atoms with Crippen LogP contribution in [0.4, 0.5) is 4.39 Å². The Hall–Kier alpha value is -3.92. The summed E-state index contributed by atoms with van der Waals surface area (Å²) in [5.74, 6) is 0.0710. The Kier molecular flexibility index (Phi) is 8.43. The fraction of sp³-hybridized carbons (Fsp3) is 0.321. The third-order valence-electron chi connectivity index (χ3n) is 5.61. The molecule has 6 nitrogen and oxygen atoms in total. The van der Waals surface area contributed by atoms with Gasteiger partial charge in [-0.15, -0.1) is 0 Å². The van der Waals surface area contributed by atoms with Crippen molar-refractivity contribution in [1.29, 1.82) is 5.26 Å². The summed E-state index contributed by atoms with van der Waals surface area (Å²) in [4.78, 5) is 27.2. The van der Waals surface area contributed by atoms with Gasteiger partial charge in [0.25, 0.3) is 11.8 Å². The smallest absolute Gasteiger partial charge is 0.271 e. The Bertz CT molecular complexity index is 1210. The number of hydrogen-bond acceptors (Lipinski definition) is 5. The molecule has 1 aliphatic rings. The number of carbonyl (C=O) groups is 2. The first-order chi connectivity index (χ1) is 16.7. The molecule has 1 heterocycles. The van der Waals surface area contributed by atoms with Gasteiger partial charge < -0.3 is 9.47 Å². The number of amides is 2. The molecule has 0 aromatic heterocycles. The molecule has 0 saturated heterocycles. The zero-order chi connectivity index (χ0) is 25.5. The van der Waals surface area contributed by atoms with E-state index in [4.69, 9.17) is 9.47 Å². The highest BCUT2D eigenvalue weighted by Gasteiger charge is 2.35. The number of rotatable bonds is 9. The van der Waals surface area contributed by atoms with Gasteiger partial charge in [0, 0.05) is 5.57 Å². The topological polar surface area (TPSA) is 79.6 Å². The maximum atomic E-state index is 13.3. The average molecular weight is 477 g/mol. The number of benzene rings is 2. The predicted octanol–water partition coefficient (Wildman–Crippen LogP) is 5.44. The molecule has 0 radical (unpaired) electrons. The molecule has 0 bridgehead atoms. The van der Waals surface area contributed by atoms with E-state index in [0.29, 0.717) is 47.3 Å². The molecule has 0 unspecified atom stereocenters. The van der Waals surface area contributed by atoms with Crippen LogP contribution in [0, 0.1) is 23.1 Å². The van der Waals surface area contributed by atoms with Gasteiger partial charge in [0.05, 0.1) is 19.8 Å². The lowest BCUT2D eigenvalue weighted by Gasteiger charge is -2.27. The van der Waals surface area contributed by atoms with Gasteiger partial charge in [-0.1, -0.05) is 32.0 Å². The first-order valence-corrected chi connectivity index (χ1v) is 11.6. The summed E-state index contributed by atoms with van der Waals surface area (Å²) in [5.41, 5.74) is 1.69. The maximum Gasteiger partial charge on any atom is 0.271 e. The molecule has 35 heavy (non-hydrogen) atoms. The lowest BCUT2D eigenvalue weighted by Crippen LogP contribution is -2.42. The number of imide groups is 1. The lowest BCUT2D eigenvalue weighted by molar-refractivity contribution is -0.141. The zero-order valence-corrected chi connectivity index (χ0v) is 20.4. The molecule has 182 valence electrons. The summed E-state index contributed by atoms with van der Waals surface area (Å²) in [6.45, 7) is 8.64. The highest BCUT2D eigenvalue weighted by Crippen LogP contribution is 2.32. The van der Waals surface area contributed by atoms with Crippen LogP contribution >= 0.6 is 0 Å². The van der Waals surface area contributed by atoms with Gasteiger partial charge in [-0.25, -0.2) is 4.39 Å². The third-order valence-corrected chi connectivity index (χ3v) is 5.61. The molecule has 3 rings (SSSR count). The summed E-state index contributed by atoms with van der Waals surface area (Å²) in [5, 5.41) is 9.61. The molecule has 7 heteroatoms. The monoisotopic (exact) mass is 476 g/mol. The van der Waals surface area contributed by atoms with Crippen LogP contribution in [-0.4, -0.2) is 29.9 Å². The quantitative estimate of drug-likeness (QED) is 0.356. The van der Waals surface area contributed by atoms with Crippen LogP contribution < -0.4 is 9.47 Å². The summed E-state index contributed by atoms with van der Waals surface area (Å²) >= 11 is 0. The molecule has 0 fully saturated rings. The molecule has 0 aliphatic carbocycles. The second-order valence-electron chi connectivity index (χ2n) is 8.66. The number of hydrogen-bond donors (Lipinski definition) is 0. The Labute approximate surface area is 205 Å². The first kappa shape index (κ1) is 25.7. The molecule has 2 amide bonds. The number of ether oxygens (including phenoxy) is 2. The van der Waals surface area contributed by atoms with E-state index in [-0.39, 0.29) is 17.7 Å². The van der Waals surface area contributed by atoms with Gasteiger partial charge in [-0.3, -0.25) is 14.5 Å². The van der Waals surface area contributed by atoms with Gasteiger partial charge in [0.2, 0.25) is 0 Å². The van der Waals surface area contributed by atoms with Gasteiger partial charge in [0.1, 0.15) is 17.5 Å². The predicted molar refractivity (Wildman–Crippen MR) is 131 cm³/mol.